The second kappa shape index (κ2) is 20.2. The van der Waals surface area contributed by atoms with Crippen LogP contribution in [0.4, 0.5) is 0 Å². The Morgan fingerprint density at radius 2 is 1.30 bits per heavy atom. The Labute approximate surface area is 293 Å². The molecule has 0 saturated heterocycles. The molecule has 47 heavy (non-hydrogen) atoms. The van der Waals surface area contributed by atoms with Crippen LogP contribution < -0.4 is 0 Å². The molecule has 0 heterocycles. The first-order chi connectivity index (χ1) is 22.8. The van der Waals surface area contributed by atoms with E-state index in [9.17, 15) is 4.79 Å². The molecule has 4 aliphatic rings. The molecule has 2 nitrogen and oxygen atoms in total. The zero-order valence-electron chi connectivity index (χ0n) is 32.4. The lowest BCUT2D eigenvalue weighted by Crippen LogP contribution is -2.53. The smallest absolute Gasteiger partial charge is 0.310 e. The number of carbonyl (C=O) groups is 1. The zero-order valence-corrected chi connectivity index (χ0v) is 32.4. The van der Waals surface area contributed by atoms with E-state index in [1.54, 1.807) is 6.26 Å². The molecule has 8 atom stereocenters. The first-order valence-corrected chi connectivity index (χ1v) is 21.6. The molecular weight excluding hydrogens is 572 g/mol. The molecular formula is C45H80O2. The molecule has 0 radical (unpaired) electrons. The van der Waals surface area contributed by atoms with Gasteiger partial charge in [0.2, 0.25) is 0 Å². The summed E-state index contributed by atoms with van der Waals surface area (Å²) in [6.07, 6.45) is 41.3. The summed E-state index contributed by atoms with van der Waals surface area (Å²) in [7, 11) is 0. The Balaban J connectivity index is 1.02. The normalized spacial score (nSPS) is 32.8. The lowest BCUT2D eigenvalue weighted by Gasteiger charge is -2.61. The summed E-state index contributed by atoms with van der Waals surface area (Å²) in [5.41, 5.74) is 2.47. The highest BCUT2D eigenvalue weighted by atomic mass is 16.5. The summed E-state index contributed by atoms with van der Waals surface area (Å²) >= 11 is 0. The Kier molecular flexibility index (Phi) is 16.7. The van der Waals surface area contributed by atoms with E-state index in [4.69, 9.17) is 4.74 Å². The van der Waals surface area contributed by atoms with Crippen LogP contribution in [0.3, 0.4) is 0 Å². The third kappa shape index (κ3) is 11.1. The Hall–Kier alpha value is -0.790. The number of carbonyl (C=O) groups excluding carboxylic acids is 1. The van der Waals surface area contributed by atoms with E-state index in [1.807, 2.05) is 0 Å². The molecule has 1 unspecified atom stereocenters. The standard InChI is InChI=1S/C45H80O2/c1-6-7-8-9-10-11-12-13-14-15-16-17-18-19-20-27-43(46)47-35-36(2)24-23-25-37(3)40-30-31-41-39-29-28-38-26-21-22-33-44(38,4)42(39)32-34-45(40,41)5/h35,37-42H,6-34H2,1-5H3/t37-,38?,39+,40-,41+,42+,44+,45-/m1/s1. The Morgan fingerprint density at radius 3 is 1.96 bits per heavy atom. The van der Waals surface area contributed by atoms with Gasteiger partial charge >= 0.3 is 5.97 Å². The predicted molar refractivity (Wildman–Crippen MR) is 202 cm³/mol. The van der Waals surface area contributed by atoms with Crippen LogP contribution in [-0.2, 0) is 9.53 Å². The third-order valence-corrected chi connectivity index (χ3v) is 15.0. The number of fused-ring (bicyclic) bond motifs is 5. The third-order valence-electron chi connectivity index (χ3n) is 15.0. The highest BCUT2D eigenvalue weighted by molar-refractivity contribution is 5.69. The summed E-state index contributed by atoms with van der Waals surface area (Å²) in [6, 6.07) is 0. The van der Waals surface area contributed by atoms with Crippen LogP contribution in [-0.4, -0.2) is 5.97 Å². The summed E-state index contributed by atoms with van der Waals surface area (Å²) in [4.78, 5) is 12.3. The highest BCUT2D eigenvalue weighted by Crippen LogP contribution is 2.68. The van der Waals surface area contributed by atoms with Crippen molar-refractivity contribution in [3.63, 3.8) is 0 Å². The fourth-order valence-corrected chi connectivity index (χ4v) is 12.1. The second-order valence-corrected chi connectivity index (χ2v) is 18.2. The van der Waals surface area contributed by atoms with E-state index in [0.29, 0.717) is 17.3 Å². The molecule has 0 aromatic heterocycles. The van der Waals surface area contributed by atoms with Gasteiger partial charge in [0.25, 0.3) is 0 Å². The van der Waals surface area contributed by atoms with E-state index >= 15 is 0 Å². The van der Waals surface area contributed by atoms with Crippen molar-refractivity contribution in [2.24, 2.45) is 46.3 Å². The minimum Gasteiger partial charge on any atom is -0.435 e. The molecule has 272 valence electrons. The van der Waals surface area contributed by atoms with Gasteiger partial charge in [-0.15, -0.1) is 0 Å². The first-order valence-electron chi connectivity index (χ1n) is 21.6. The van der Waals surface area contributed by atoms with Crippen molar-refractivity contribution in [1.29, 1.82) is 0 Å². The monoisotopic (exact) mass is 653 g/mol. The van der Waals surface area contributed by atoms with Crippen LogP contribution in [0.25, 0.3) is 0 Å². The van der Waals surface area contributed by atoms with Crippen LogP contribution in [0, 0.1) is 46.3 Å². The number of allylic oxidation sites excluding steroid dienone is 1. The van der Waals surface area contributed by atoms with Crippen LogP contribution in [0.15, 0.2) is 11.8 Å². The van der Waals surface area contributed by atoms with E-state index < -0.39 is 0 Å². The van der Waals surface area contributed by atoms with Gasteiger partial charge < -0.3 is 4.74 Å². The van der Waals surface area contributed by atoms with E-state index in [0.717, 1.165) is 54.8 Å². The maximum Gasteiger partial charge on any atom is 0.310 e. The SMILES string of the molecule is CCCCCCCCCCCCCCCCCC(=O)OC=C(C)CCC[C@@H](C)[C@H]1CC[C@H]2[C@@H]3CCC4CCCC[C@]4(C)[C@H]3CC[C@]12C. The van der Waals surface area contributed by atoms with Crippen molar-refractivity contribution >= 4 is 5.97 Å². The lowest BCUT2D eigenvalue weighted by atomic mass is 9.44. The number of ether oxygens (including phenoxy) is 1. The van der Waals surface area contributed by atoms with Crippen molar-refractivity contribution in [3.05, 3.63) is 11.8 Å². The zero-order chi connectivity index (χ0) is 33.5. The summed E-state index contributed by atoms with van der Waals surface area (Å²) in [5.74, 6) is 5.72. The van der Waals surface area contributed by atoms with Gasteiger partial charge in [-0.2, -0.15) is 0 Å². The summed E-state index contributed by atoms with van der Waals surface area (Å²) < 4.78 is 5.56. The molecule has 0 bridgehead atoms. The summed E-state index contributed by atoms with van der Waals surface area (Å²) in [5, 5.41) is 0. The van der Waals surface area contributed by atoms with Gasteiger partial charge in [0, 0.05) is 6.42 Å². The van der Waals surface area contributed by atoms with Crippen molar-refractivity contribution < 1.29 is 9.53 Å². The number of hydrogen-bond donors (Lipinski definition) is 0. The fourth-order valence-electron chi connectivity index (χ4n) is 12.1. The van der Waals surface area contributed by atoms with Crippen molar-refractivity contribution in [2.75, 3.05) is 0 Å². The van der Waals surface area contributed by atoms with Gasteiger partial charge in [-0.25, -0.2) is 0 Å². The van der Waals surface area contributed by atoms with Gasteiger partial charge in [0.05, 0.1) is 6.26 Å². The van der Waals surface area contributed by atoms with Gasteiger partial charge in [-0.1, -0.05) is 137 Å². The molecule has 0 aromatic rings. The van der Waals surface area contributed by atoms with E-state index in [-0.39, 0.29) is 5.97 Å². The Morgan fingerprint density at radius 1 is 0.681 bits per heavy atom. The average molecular weight is 653 g/mol. The van der Waals surface area contributed by atoms with Gasteiger partial charge in [0.1, 0.15) is 0 Å². The maximum absolute atomic E-state index is 12.3. The molecule has 0 aromatic carbocycles. The van der Waals surface area contributed by atoms with Crippen LogP contribution in [0.5, 0.6) is 0 Å². The molecule has 0 aliphatic heterocycles. The first kappa shape index (κ1) is 39.0. The minimum atomic E-state index is -0.0379. The topological polar surface area (TPSA) is 26.3 Å². The number of hydrogen-bond acceptors (Lipinski definition) is 2. The second-order valence-electron chi connectivity index (χ2n) is 18.2. The molecule has 0 amide bonds. The van der Waals surface area contributed by atoms with Crippen LogP contribution in [0.1, 0.15) is 221 Å². The molecule has 0 N–H and O–H groups in total. The number of unbranched alkanes of at least 4 members (excludes halogenated alkanes) is 14. The molecule has 4 saturated carbocycles. The highest BCUT2D eigenvalue weighted by Gasteiger charge is 2.60. The van der Waals surface area contributed by atoms with E-state index in [2.05, 4.69) is 34.6 Å². The van der Waals surface area contributed by atoms with E-state index in [1.165, 1.54) is 166 Å². The van der Waals surface area contributed by atoms with Crippen LogP contribution in [0.2, 0.25) is 0 Å². The largest absolute Gasteiger partial charge is 0.435 e. The maximum atomic E-state index is 12.3. The average Bonchev–Trinajstić information content (AvgIpc) is 3.42. The number of esters is 1. The molecule has 0 spiro atoms. The fraction of sp³-hybridized carbons (Fsp3) is 0.933. The van der Waals surface area contributed by atoms with Gasteiger partial charge in [-0.3, -0.25) is 4.79 Å². The molecule has 2 heteroatoms. The molecule has 4 rings (SSSR count). The van der Waals surface area contributed by atoms with Crippen molar-refractivity contribution in [1.82, 2.24) is 0 Å². The quantitative estimate of drug-likeness (QED) is 0.0661. The van der Waals surface area contributed by atoms with Gasteiger partial charge in [-0.05, 0) is 129 Å². The predicted octanol–water partition coefficient (Wildman–Crippen LogP) is 14.6. The van der Waals surface area contributed by atoms with Crippen molar-refractivity contribution in [3.8, 4) is 0 Å². The van der Waals surface area contributed by atoms with Crippen molar-refractivity contribution in [2.45, 2.75) is 221 Å². The molecule has 4 fully saturated rings. The lowest BCUT2D eigenvalue weighted by molar-refractivity contribution is -0.138. The summed E-state index contributed by atoms with van der Waals surface area (Å²) in [6.45, 7) is 12.5. The van der Waals surface area contributed by atoms with Gasteiger partial charge in [0.15, 0.2) is 0 Å². The molecule has 4 aliphatic carbocycles. The number of rotatable bonds is 22. The van der Waals surface area contributed by atoms with Crippen LogP contribution >= 0.6 is 0 Å². The Bertz CT molecular complexity index is 921. The minimum absolute atomic E-state index is 0.0379.